The van der Waals surface area contributed by atoms with Gasteiger partial charge >= 0.3 is 0 Å². The van der Waals surface area contributed by atoms with Crippen molar-refractivity contribution >= 4 is 22.8 Å². The number of nitrogens with one attached hydrogen (secondary N) is 1. The second-order valence-corrected chi connectivity index (χ2v) is 8.61. The van der Waals surface area contributed by atoms with E-state index in [0.717, 1.165) is 67.5 Å². The van der Waals surface area contributed by atoms with Crippen LogP contribution in [0, 0.1) is 11.8 Å². The molecule has 0 unspecified atom stereocenters. The largest absolute Gasteiger partial charge is 0.385 e. The molecule has 33 heavy (non-hydrogen) atoms. The van der Waals surface area contributed by atoms with E-state index in [2.05, 4.69) is 44.3 Å². The molecule has 1 aromatic rings. The van der Waals surface area contributed by atoms with Gasteiger partial charge in [0, 0.05) is 35.8 Å². The van der Waals surface area contributed by atoms with Gasteiger partial charge in [0.1, 0.15) is 5.78 Å². The van der Waals surface area contributed by atoms with Crippen molar-refractivity contribution in [2.24, 2.45) is 11.8 Å². The SMILES string of the molecule is CC.CCCC[C@H](CC(=O)c1ccc(NCC(CC)CC)cc1C1=CC=CC=CC1)C(C)=O.[HH].[HH].[HH].[HH]. The Labute approximate surface area is 208 Å². The van der Waals surface area contributed by atoms with Crippen molar-refractivity contribution in [2.45, 2.75) is 86.5 Å². The first-order valence-corrected chi connectivity index (χ1v) is 12.9. The van der Waals surface area contributed by atoms with Crippen molar-refractivity contribution in [3.63, 3.8) is 0 Å². The van der Waals surface area contributed by atoms with Crippen LogP contribution in [0.5, 0.6) is 0 Å². The van der Waals surface area contributed by atoms with E-state index in [1.54, 1.807) is 6.92 Å². The van der Waals surface area contributed by atoms with Crippen molar-refractivity contribution in [2.75, 3.05) is 11.9 Å². The second kappa shape index (κ2) is 16.2. The molecule has 0 amide bonds. The quantitative estimate of drug-likeness (QED) is 0.299. The van der Waals surface area contributed by atoms with Gasteiger partial charge in [-0.1, -0.05) is 90.7 Å². The van der Waals surface area contributed by atoms with Crippen LogP contribution in [0.15, 0.2) is 48.6 Å². The maximum Gasteiger partial charge on any atom is 0.164 e. The minimum Gasteiger partial charge on any atom is -0.385 e. The molecular weight excluding hydrogens is 406 g/mol. The molecule has 1 atom stereocenters. The molecule has 0 saturated carbocycles. The third-order valence-electron chi connectivity index (χ3n) is 6.32. The Morgan fingerprint density at radius 2 is 1.79 bits per heavy atom. The molecule has 0 spiro atoms. The van der Waals surface area contributed by atoms with Crippen LogP contribution in [0.3, 0.4) is 0 Å². The highest BCUT2D eigenvalue weighted by atomic mass is 16.1. The molecule has 1 aromatic carbocycles. The molecule has 1 N–H and O–H groups in total. The van der Waals surface area contributed by atoms with Crippen molar-refractivity contribution < 1.29 is 15.3 Å². The van der Waals surface area contributed by atoms with Crippen molar-refractivity contribution in [3.05, 3.63) is 59.7 Å². The molecule has 1 aliphatic rings. The van der Waals surface area contributed by atoms with Crippen molar-refractivity contribution in [1.29, 1.82) is 0 Å². The summed E-state index contributed by atoms with van der Waals surface area (Å²) in [6.07, 6.45) is 16.5. The molecule has 0 heterocycles. The van der Waals surface area contributed by atoms with Crippen molar-refractivity contribution in [1.82, 2.24) is 0 Å². The Kier molecular flexibility index (Phi) is 14.1. The Balaban J connectivity index is -0.000000885. The minimum atomic E-state index is -0.184. The van der Waals surface area contributed by atoms with Gasteiger partial charge in [0.25, 0.3) is 0 Å². The van der Waals surface area contributed by atoms with Gasteiger partial charge < -0.3 is 5.32 Å². The van der Waals surface area contributed by atoms with Crippen LogP contribution in [0.25, 0.3) is 5.57 Å². The van der Waals surface area contributed by atoms with E-state index < -0.39 is 0 Å². The average molecular weight is 460 g/mol. The van der Waals surface area contributed by atoms with E-state index in [0.29, 0.717) is 12.3 Å². The standard InChI is InChI=1S/C28H39NO2.C2H6.4H2/c1-5-8-13-24(21(4)30)18-28(31)26-17-16-25(29-20-22(6-2)7-3)19-27(26)23-14-11-9-10-12-15-23;1-2;;;;/h9-12,14,16-17,19,22,24,29H,5-8,13,15,18,20H2,1-4H3;1-2H3;4*1H/t24-;;;;;/m1...../s1. The van der Waals surface area contributed by atoms with E-state index in [-0.39, 0.29) is 23.2 Å². The zero-order chi connectivity index (χ0) is 24.6. The maximum atomic E-state index is 13.3. The molecule has 190 valence electrons. The number of hydrogen-bond acceptors (Lipinski definition) is 3. The molecule has 0 aromatic heterocycles. The third-order valence-corrected chi connectivity index (χ3v) is 6.32. The molecule has 3 nitrogen and oxygen atoms in total. The number of hydrogen-bond donors (Lipinski definition) is 1. The summed E-state index contributed by atoms with van der Waals surface area (Å²) >= 11 is 0. The number of ketones is 2. The first kappa shape index (κ1) is 28.6. The summed E-state index contributed by atoms with van der Waals surface area (Å²) in [5, 5.41) is 3.57. The number of carbonyl (C=O) groups excluding carboxylic acids is 2. The van der Waals surface area contributed by atoms with E-state index in [4.69, 9.17) is 0 Å². The maximum absolute atomic E-state index is 13.3. The molecule has 0 aliphatic heterocycles. The van der Waals surface area contributed by atoms with Gasteiger partial charge in [-0.15, -0.1) is 0 Å². The van der Waals surface area contributed by atoms with Crippen molar-refractivity contribution in [3.8, 4) is 0 Å². The van der Waals surface area contributed by atoms with Crippen LogP contribution >= 0.6 is 0 Å². The normalized spacial score (nSPS) is 13.6. The highest BCUT2D eigenvalue weighted by molar-refractivity contribution is 6.03. The zero-order valence-corrected chi connectivity index (χ0v) is 21.7. The van der Waals surface area contributed by atoms with Crippen LogP contribution < -0.4 is 5.32 Å². The van der Waals surface area contributed by atoms with Crippen LogP contribution in [0.2, 0.25) is 0 Å². The molecule has 0 radical (unpaired) electrons. The van der Waals surface area contributed by atoms with Gasteiger partial charge in [-0.25, -0.2) is 0 Å². The predicted octanol–water partition coefficient (Wildman–Crippen LogP) is 9.41. The summed E-state index contributed by atoms with van der Waals surface area (Å²) < 4.78 is 0. The topological polar surface area (TPSA) is 46.2 Å². The Morgan fingerprint density at radius 3 is 2.42 bits per heavy atom. The van der Waals surface area contributed by atoms with Crippen LogP contribution in [0.1, 0.15) is 108 Å². The highest BCUT2D eigenvalue weighted by Gasteiger charge is 2.22. The molecule has 1 aliphatic carbocycles. The zero-order valence-electron chi connectivity index (χ0n) is 21.7. The smallest absolute Gasteiger partial charge is 0.164 e. The Bertz CT molecular complexity index is 846. The lowest BCUT2D eigenvalue weighted by Crippen LogP contribution is -2.17. The summed E-state index contributed by atoms with van der Waals surface area (Å²) in [6.45, 7) is 13.1. The van der Waals surface area contributed by atoms with E-state index in [9.17, 15) is 9.59 Å². The predicted molar refractivity (Wildman–Crippen MR) is 152 cm³/mol. The fourth-order valence-corrected chi connectivity index (χ4v) is 4.01. The lowest BCUT2D eigenvalue weighted by Gasteiger charge is -2.18. The summed E-state index contributed by atoms with van der Waals surface area (Å²) in [4.78, 5) is 25.4. The van der Waals surface area contributed by atoms with E-state index in [1.807, 2.05) is 44.2 Å². The number of allylic oxidation sites excluding steroid dienone is 6. The monoisotopic (exact) mass is 459 g/mol. The summed E-state index contributed by atoms with van der Waals surface area (Å²) in [5.41, 5.74) is 3.89. The van der Waals surface area contributed by atoms with Crippen LogP contribution in [-0.2, 0) is 4.79 Å². The first-order chi connectivity index (χ1) is 16.0. The number of benzene rings is 1. The summed E-state index contributed by atoms with van der Waals surface area (Å²) in [5.74, 6) is 0.640. The molecule has 2 rings (SSSR count). The molecule has 0 fully saturated rings. The molecule has 0 saturated heterocycles. The summed E-state index contributed by atoms with van der Waals surface area (Å²) in [7, 11) is 0. The van der Waals surface area contributed by atoms with Gasteiger partial charge in [0.05, 0.1) is 0 Å². The first-order valence-electron chi connectivity index (χ1n) is 12.9. The second-order valence-electron chi connectivity index (χ2n) is 8.61. The molecule has 3 heteroatoms. The summed E-state index contributed by atoms with van der Waals surface area (Å²) in [6, 6.07) is 6.07. The lowest BCUT2D eigenvalue weighted by molar-refractivity contribution is -0.120. The van der Waals surface area contributed by atoms with E-state index in [1.165, 1.54) is 0 Å². The van der Waals surface area contributed by atoms with Crippen LogP contribution in [-0.4, -0.2) is 18.1 Å². The van der Waals surface area contributed by atoms with Gasteiger partial charge in [0.15, 0.2) is 5.78 Å². The average Bonchev–Trinajstić information content (AvgIpc) is 3.13. The Morgan fingerprint density at radius 1 is 1.06 bits per heavy atom. The number of anilines is 1. The van der Waals surface area contributed by atoms with E-state index >= 15 is 0 Å². The highest BCUT2D eigenvalue weighted by Crippen LogP contribution is 2.30. The molecule has 0 bridgehead atoms. The third kappa shape index (κ3) is 9.53. The lowest BCUT2D eigenvalue weighted by atomic mass is 9.87. The van der Waals surface area contributed by atoms with Gasteiger partial charge in [0.2, 0.25) is 0 Å². The van der Waals surface area contributed by atoms with Gasteiger partial charge in [-0.2, -0.15) is 0 Å². The van der Waals surface area contributed by atoms with Gasteiger partial charge in [-0.3, -0.25) is 9.59 Å². The van der Waals surface area contributed by atoms with Gasteiger partial charge in [-0.05, 0) is 55.0 Å². The molecular formula is C30H53NO2. The number of unbranched alkanes of at least 4 members (excludes halogenated alkanes) is 1. The fourth-order valence-electron chi connectivity index (χ4n) is 4.01. The number of Topliss-reactive ketones (excluding diaryl/α,β-unsaturated/α-hetero) is 2. The number of rotatable bonds is 13. The fraction of sp³-hybridized carbons (Fsp3) is 0.533. The Hall–Kier alpha value is -2.42. The number of carbonyl (C=O) groups is 2. The minimum absolute atomic E-state index is 0. The van der Waals surface area contributed by atoms with Crippen LogP contribution in [0.4, 0.5) is 5.69 Å².